The molecule has 0 aliphatic heterocycles. The zero-order valence-corrected chi connectivity index (χ0v) is 16.4. The van der Waals surface area contributed by atoms with E-state index in [1.165, 1.54) is 19.1 Å². The summed E-state index contributed by atoms with van der Waals surface area (Å²) in [5, 5.41) is 0. The first-order chi connectivity index (χ1) is 12.9. The van der Waals surface area contributed by atoms with Gasteiger partial charge in [-0.25, -0.2) is 4.21 Å². The van der Waals surface area contributed by atoms with Gasteiger partial charge in [-0.2, -0.15) is 0 Å². The van der Waals surface area contributed by atoms with Gasteiger partial charge >= 0.3 is 0 Å². The molecule has 9 heteroatoms. The predicted octanol–water partition coefficient (Wildman–Crippen LogP) is 2.49. The van der Waals surface area contributed by atoms with Gasteiger partial charge in [0.25, 0.3) is 11.3 Å². The number of pyridine rings is 1. The van der Waals surface area contributed by atoms with Crippen LogP contribution in [0, 0.1) is 6.92 Å². The number of benzene rings is 1. The normalized spacial score (nSPS) is 12.3. The molecule has 0 fully saturated rings. The van der Waals surface area contributed by atoms with E-state index in [2.05, 4.69) is 21.3 Å². The van der Waals surface area contributed by atoms with Crippen LogP contribution in [0.15, 0.2) is 53.9 Å². The van der Waals surface area contributed by atoms with Crippen molar-refractivity contribution in [3.8, 4) is 11.5 Å². The fourth-order valence-corrected chi connectivity index (χ4v) is 2.85. The maximum atomic E-state index is 11.4. The van der Waals surface area contributed by atoms with Gasteiger partial charge in [-0.15, -0.1) is 0 Å². The van der Waals surface area contributed by atoms with Crippen LogP contribution in [0.5, 0.6) is 11.5 Å². The largest absolute Gasteiger partial charge is 0.494 e. The van der Waals surface area contributed by atoms with Gasteiger partial charge in [-0.1, -0.05) is 12.6 Å². The number of aromatic nitrogens is 1. The van der Waals surface area contributed by atoms with Gasteiger partial charge in [0.2, 0.25) is 0 Å². The summed E-state index contributed by atoms with van der Waals surface area (Å²) in [4.78, 5) is 10.2. The Morgan fingerprint density at radius 3 is 2.41 bits per heavy atom. The third-order valence-electron chi connectivity index (χ3n) is 3.67. The maximum Gasteiger partial charge on any atom is 0.260 e. The second-order valence-corrected chi connectivity index (χ2v) is 6.11. The van der Waals surface area contributed by atoms with E-state index in [1.54, 1.807) is 31.4 Å². The van der Waals surface area contributed by atoms with Crippen LogP contribution in [0.1, 0.15) is 11.3 Å². The number of para-hydroxylation sites is 1. The Morgan fingerprint density at radius 1 is 1.30 bits per heavy atom. The standard InChI is InChI=1S/C18H22N4O4S/c1-12-9-10-20-14(11-12)18(19-3)22(13(2)21-27(23)24)17-15(25-4)7-6-8-16(17)26-5/h6-11,21H,2H2,1,3-5H3,(H,23,24). The quantitative estimate of drug-likeness (QED) is 0.428. The van der Waals surface area contributed by atoms with E-state index in [4.69, 9.17) is 9.47 Å². The number of ether oxygens (including phenoxy) is 2. The van der Waals surface area contributed by atoms with Gasteiger partial charge < -0.3 is 9.47 Å². The number of rotatable bonds is 7. The molecule has 144 valence electrons. The maximum absolute atomic E-state index is 11.4. The third-order valence-corrected chi connectivity index (χ3v) is 4.08. The molecule has 1 atom stereocenters. The number of amidine groups is 1. The Kier molecular flexibility index (Phi) is 6.91. The van der Waals surface area contributed by atoms with Crippen LogP contribution in [-0.4, -0.2) is 40.8 Å². The van der Waals surface area contributed by atoms with Crippen molar-refractivity contribution in [1.82, 2.24) is 9.71 Å². The van der Waals surface area contributed by atoms with Gasteiger partial charge in [-0.3, -0.25) is 24.2 Å². The Labute approximate surface area is 161 Å². The molecule has 27 heavy (non-hydrogen) atoms. The second kappa shape index (κ2) is 9.15. The SMILES string of the molecule is C=C(NS(=O)O)N(C(=NC)c1cc(C)ccn1)c1c(OC)cccc1OC. The van der Waals surface area contributed by atoms with Crippen LogP contribution in [0.3, 0.4) is 0 Å². The Bertz CT molecular complexity index is 863. The van der Waals surface area contributed by atoms with Gasteiger partial charge in [0.1, 0.15) is 28.7 Å². The van der Waals surface area contributed by atoms with Crippen LogP contribution in [0.4, 0.5) is 5.69 Å². The van der Waals surface area contributed by atoms with Crippen molar-refractivity contribution in [3.05, 3.63) is 60.2 Å². The molecule has 1 heterocycles. The van der Waals surface area contributed by atoms with Crippen LogP contribution in [0.2, 0.25) is 0 Å². The molecule has 2 N–H and O–H groups in total. The van der Waals surface area contributed by atoms with Crippen LogP contribution in [-0.2, 0) is 11.3 Å². The van der Waals surface area contributed by atoms with Crippen molar-refractivity contribution in [2.24, 2.45) is 4.99 Å². The molecular formula is C18H22N4O4S. The van der Waals surface area contributed by atoms with E-state index in [0.29, 0.717) is 28.7 Å². The van der Waals surface area contributed by atoms with E-state index in [-0.39, 0.29) is 5.82 Å². The molecule has 8 nitrogen and oxygen atoms in total. The van der Waals surface area contributed by atoms with Gasteiger partial charge in [0.15, 0.2) is 5.84 Å². The topological polar surface area (TPSA) is 96.3 Å². The molecule has 0 amide bonds. The van der Waals surface area contributed by atoms with Gasteiger partial charge in [-0.05, 0) is 36.8 Å². The molecule has 0 saturated heterocycles. The summed E-state index contributed by atoms with van der Waals surface area (Å²) >= 11 is -2.33. The Morgan fingerprint density at radius 2 is 1.93 bits per heavy atom. The van der Waals surface area contributed by atoms with E-state index >= 15 is 0 Å². The van der Waals surface area contributed by atoms with E-state index in [0.717, 1.165) is 5.56 Å². The minimum Gasteiger partial charge on any atom is -0.494 e. The van der Waals surface area contributed by atoms with Gasteiger partial charge in [0.05, 0.1) is 14.2 Å². The summed E-state index contributed by atoms with van der Waals surface area (Å²) in [5.41, 5.74) is 2.00. The number of aliphatic imine (C=N–C) groups is 1. The molecule has 0 spiro atoms. The van der Waals surface area contributed by atoms with Crippen molar-refractivity contribution >= 4 is 22.8 Å². The number of methoxy groups -OCH3 is 2. The first kappa shape index (κ1) is 20.4. The van der Waals surface area contributed by atoms with Crippen molar-refractivity contribution in [3.63, 3.8) is 0 Å². The number of aryl methyl sites for hydroxylation is 1. The minimum absolute atomic E-state index is 0.0996. The predicted molar refractivity (Wildman–Crippen MR) is 107 cm³/mol. The van der Waals surface area contributed by atoms with Crippen molar-refractivity contribution < 1.29 is 18.2 Å². The summed E-state index contributed by atoms with van der Waals surface area (Å²) in [5.74, 6) is 1.43. The molecule has 0 aliphatic carbocycles. The monoisotopic (exact) mass is 390 g/mol. The highest BCUT2D eigenvalue weighted by atomic mass is 32.2. The first-order valence-corrected chi connectivity index (χ1v) is 9.01. The van der Waals surface area contributed by atoms with Crippen molar-refractivity contribution in [2.45, 2.75) is 6.92 Å². The summed E-state index contributed by atoms with van der Waals surface area (Å²) in [6.45, 7) is 5.81. The van der Waals surface area contributed by atoms with Crippen LogP contribution < -0.4 is 19.1 Å². The Hall–Kier alpha value is -2.91. The second-order valence-electron chi connectivity index (χ2n) is 5.41. The zero-order valence-electron chi connectivity index (χ0n) is 15.6. The number of hydrogen-bond acceptors (Lipinski definition) is 5. The van der Waals surface area contributed by atoms with Gasteiger partial charge in [0, 0.05) is 13.2 Å². The first-order valence-electron chi connectivity index (χ1n) is 7.90. The lowest BCUT2D eigenvalue weighted by Crippen LogP contribution is -2.38. The van der Waals surface area contributed by atoms with Crippen molar-refractivity contribution in [2.75, 3.05) is 26.2 Å². The van der Waals surface area contributed by atoms with Crippen LogP contribution >= 0.6 is 0 Å². The molecule has 0 radical (unpaired) electrons. The van der Waals surface area contributed by atoms with E-state index < -0.39 is 11.3 Å². The van der Waals surface area contributed by atoms with Crippen molar-refractivity contribution in [1.29, 1.82) is 0 Å². The van der Waals surface area contributed by atoms with E-state index in [1.807, 2.05) is 19.1 Å². The molecule has 0 saturated carbocycles. The summed E-state index contributed by atoms with van der Waals surface area (Å²) < 4.78 is 34.0. The molecule has 2 aromatic rings. The molecule has 1 aromatic carbocycles. The number of nitrogens with one attached hydrogen (secondary N) is 1. The number of anilines is 1. The number of hydrogen-bond donors (Lipinski definition) is 2. The summed E-state index contributed by atoms with van der Waals surface area (Å²) in [7, 11) is 4.63. The molecule has 0 aliphatic rings. The minimum atomic E-state index is -2.33. The summed E-state index contributed by atoms with van der Waals surface area (Å²) in [6.07, 6.45) is 1.66. The lowest BCUT2D eigenvalue weighted by molar-refractivity contribution is 0.396. The highest BCUT2D eigenvalue weighted by Gasteiger charge is 2.27. The zero-order chi connectivity index (χ0) is 20.0. The molecular weight excluding hydrogens is 368 g/mol. The Balaban J connectivity index is 2.73. The lowest BCUT2D eigenvalue weighted by atomic mass is 10.2. The molecule has 0 bridgehead atoms. The van der Waals surface area contributed by atoms with Crippen LogP contribution in [0.25, 0.3) is 0 Å². The highest BCUT2D eigenvalue weighted by Crippen LogP contribution is 2.39. The summed E-state index contributed by atoms with van der Waals surface area (Å²) in [6, 6.07) is 8.96. The highest BCUT2D eigenvalue weighted by molar-refractivity contribution is 7.77. The number of nitrogens with zero attached hydrogens (tertiary/aromatic N) is 3. The molecule has 2 rings (SSSR count). The third kappa shape index (κ3) is 4.63. The molecule has 1 unspecified atom stereocenters. The lowest BCUT2D eigenvalue weighted by Gasteiger charge is -2.29. The average molecular weight is 390 g/mol. The van der Waals surface area contributed by atoms with E-state index in [9.17, 15) is 8.76 Å². The smallest absolute Gasteiger partial charge is 0.260 e. The average Bonchev–Trinajstić information content (AvgIpc) is 2.64. The fraction of sp³-hybridized carbons (Fsp3) is 0.222. The fourth-order valence-electron chi connectivity index (χ4n) is 2.55. The molecule has 1 aromatic heterocycles.